The smallest absolute Gasteiger partial charge is 0.191 e. The van der Waals surface area contributed by atoms with E-state index in [0.717, 1.165) is 36.9 Å². The summed E-state index contributed by atoms with van der Waals surface area (Å²) in [7, 11) is 1.73. The molecular formula is C20H28FN5OS. The molecule has 3 rings (SSSR count). The lowest BCUT2D eigenvalue weighted by Crippen LogP contribution is -2.42. The number of para-hydroxylation sites is 1. The third kappa shape index (κ3) is 5.82. The molecule has 1 fully saturated rings. The van der Waals surface area contributed by atoms with Gasteiger partial charge in [0.25, 0.3) is 0 Å². The summed E-state index contributed by atoms with van der Waals surface area (Å²) < 4.78 is 19.3. The highest BCUT2D eigenvalue weighted by molar-refractivity contribution is 7.13. The van der Waals surface area contributed by atoms with Crippen LogP contribution < -0.4 is 20.3 Å². The average Bonchev–Trinajstić information content (AvgIpc) is 3.38. The van der Waals surface area contributed by atoms with E-state index in [1.807, 2.05) is 6.92 Å². The van der Waals surface area contributed by atoms with Crippen molar-refractivity contribution in [2.24, 2.45) is 4.99 Å². The SMILES string of the molecule is CN=C(NCCc1csc(N2CCCC2)n1)NCC(C)Oc1ccccc1F. The number of rotatable bonds is 8. The Morgan fingerprint density at radius 3 is 2.86 bits per heavy atom. The van der Waals surface area contributed by atoms with E-state index in [2.05, 4.69) is 25.9 Å². The number of guanidine groups is 1. The molecule has 1 aromatic heterocycles. The maximum absolute atomic E-state index is 13.7. The maximum atomic E-state index is 13.7. The molecule has 2 heterocycles. The van der Waals surface area contributed by atoms with Crippen LogP contribution in [0.15, 0.2) is 34.6 Å². The van der Waals surface area contributed by atoms with Crippen molar-refractivity contribution in [1.29, 1.82) is 0 Å². The van der Waals surface area contributed by atoms with Gasteiger partial charge in [0.1, 0.15) is 6.10 Å². The summed E-state index contributed by atoms with van der Waals surface area (Å²) in [5.41, 5.74) is 1.10. The Kier molecular flexibility index (Phi) is 7.47. The minimum Gasteiger partial charge on any atom is -0.486 e. The Morgan fingerprint density at radius 2 is 2.11 bits per heavy atom. The Bertz CT molecular complexity index is 775. The minimum absolute atomic E-state index is 0.197. The van der Waals surface area contributed by atoms with Gasteiger partial charge in [-0.1, -0.05) is 12.1 Å². The van der Waals surface area contributed by atoms with Crippen LogP contribution in [0.5, 0.6) is 5.75 Å². The third-order valence-electron chi connectivity index (χ3n) is 4.54. The Morgan fingerprint density at radius 1 is 1.32 bits per heavy atom. The highest BCUT2D eigenvalue weighted by Crippen LogP contribution is 2.24. The maximum Gasteiger partial charge on any atom is 0.191 e. The van der Waals surface area contributed by atoms with Gasteiger partial charge in [0.15, 0.2) is 22.7 Å². The van der Waals surface area contributed by atoms with E-state index in [0.29, 0.717) is 12.5 Å². The zero-order valence-corrected chi connectivity index (χ0v) is 17.3. The quantitative estimate of drug-likeness (QED) is 0.522. The van der Waals surface area contributed by atoms with Crippen molar-refractivity contribution in [2.45, 2.75) is 32.3 Å². The van der Waals surface area contributed by atoms with Crippen LogP contribution in [0, 0.1) is 5.82 Å². The van der Waals surface area contributed by atoms with E-state index in [1.54, 1.807) is 36.6 Å². The molecule has 0 radical (unpaired) electrons. The van der Waals surface area contributed by atoms with Crippen molar-refractivity contribution in [1.82, 2.24) is 15.6 Å². The number of benzene rings is 1. The van der Waals surface area contributed by atoms with Crippen LogP contribution in [0.2, 0.25) is 0 Å². The van der Waals surface area contributed by atoms with Crippen LogP contribution in [0.4, 0.5) is 9.52 Å². The molecule has 0 saturated carbocycles. The van der Waals surface area contributed by atoms with Crippen molar-refractivity contribution in [3.63, 3.8) is 0 Å². The van der Waals surface area contributed by atoms with Crippen LogP contribution >= 0.6 is 11.3 Å². The highest BCUT2D eigenvalue weighted by atomic mass is 32.1. The van der Waals surface area contributed by atoms with Gasteiger partial charge < -0.3 is 20.3 Å². The van der Waals surface area contributed by atoms with Gasteiger partial charge in [0.2, 0.25) is 0 Å². The first-order valence-electron chi connectivity index (χ1n) is 9.71. The van der Waals surface area contributed by atoms with Crippen LogP contribution in [0.3, 0.4) is 0 Å². The summed E-state index contributed by atoms with van der Waals surface area (Å²) in [5, 5.41) is 9.77. The lowest BCUT2D eigenvalue weighted by atomic mass is 10.3. The molecule has 0 bridgehead atoms. The Hall–Kier alpha value is -2.35. The molecule has 1 unspecified atom stereocenters. The molecule has 0 aliphatic carbocycles. The molecule has 28 heavy (non-hydrogen) atoms. The largest absolute Gasteiger partial charge is 0.486 e. The number of ether oxygens (including phenoxy) is 1. The fraction of sp³-hybridized carbons (Fsp3) is 0.500. The number of aromatic nitrogens is 1. The number of thiazole rings is 1. The van der Waals surface area contributed by atoms with Crippen LogP contribution in [0.1, 0.15) is 25.5 Å². The predicted octanol–water partition coefficient (Wildman–Crippen LogP) is 3.06. The van der Waals surface area contributed by atoms with E-state index in [-0.39, 0.29) is 17.7 Å². The zero-order valence-electron chi connectivity index (χ0n) is 16.4. The first-order chi connectivity index (χ1) is 13.7. The summed E-state index contributed by atoms with van der Waals surface area (Å²) in [6, 6.07) is 6.42. The molecule has 1 aliphatic rings. The topological polar surface area (TPSA) is 61.8 Å². The van der Waals surface area contributed by atoms with Gasteiger partial charge >= 0.3 is 0 Å². The lowest BCUT2D eigenvalue weighted by molar-refractivity contribution is 0.214. The van der Waals surface area contributed by atoms with Crippen molar-refractivity contribution < 1.29 is 9.13 Å². The standard InChI is InChI=1S/C20H28FN5OS/c1-15(27-18-8-4-3-7-17(18)21)13-24-19(22-2)23-10-9-16-14-28-20(25-16)26-11-5-6-12-26/h3-4,7-8,14-15H,5-6,9-13H2,1-2H3,(H2,22,23,24). The number of nitrogens with zero attached hydrogens (tertiary/aromatic N) is 3. The second kappa shape index (κ2) is 10.3. The van der Waals surface area contributed by atoms with Gasteiger partial charge in [0, 0.05) is 38.5 Å². The van der Waals surface area contributed by atoms with Gasteiger partial charge in [-0.25, -0.2) is 9.37 Å². The molecular weight excluding hydrogens is 377 g/mol. The van der Waals surface area contributed by atoms with Crippen molar-refractivity contribution in [3.05, 3.63) is 41.2 Å². The number of nitrogens with one attached hydrogen (secondary N) is 2. The van der Waals surface area contributed by atoms with Gasteiger partial charge in [0.05, 0.1) is 12.2 Å². The Labute approximate surface area is 169 Å². The molecule has 1 aromatic carbocycles. The van der Waals surface area contributed by atoms with E-state index in [9.17, 15) is 4.39 Å². The lowest BCUT2D eigenvalue weighted by Gasteiger charge is -2.18. The van der Waals surface area contributed by atoms with Crippen LogP contribution in [-0.2, 0) is 6.42 Å². The summed E-state index contributed by atoms with van der Waals surface area (Å²) in [6.45, 7) is 5.39. The summed E-state index contributed by atoms with van der Waals surface area (Å²) >= 11 is 1.72. The third-order valence-corrected chi connectivity index (χ3v) is 5.49. The second-order valence-corrected chi connectivity index (χ2v) is 7.64. The molecule has 6 nitrogen and oxygen atoms in total. The highest BCUT2D eigenvalue weighted by Gasteiger charge is 2.15. The van der Waals surface area contributed by atoms with Gasteiger partial charge in [-0.15, -0.1) is 11.3 Å². The fourth-order valence-corrected chi connectivity index (χ4v) is 3.95. The molecule has 1 aliphatic heterocycles. The van der Waals surface area contributed by atoms with Crippen molar-refractivity contribution >= 4 is 22.4 Å². The number of halogens is 1. The first-order valence-corrected chi connectivity index (χ1v) is 10.6. The molecule has 1 saturated heterocycles. The summed E-state index contributed by atoms with van der Waals surface area (Å²) in [4.78, 5) is 11.3. The van der Waals surface area contributed by atoms with E-state index in [1.165, 1.54) is 18.9 Å². The normalized spacial score (nSPS) is 15.5. The van der Waals surface area contributed by atoms with Crippen LogP contribution in [0.25, 0.3) is 0 Å². The molecule has 152 valence electrons. The number of aliphatic imine (C=N–C) groups is 1. The number of hydrogen-bond acceptors (Lipinski definition) is 5. The molecule has 0 amide bonds. The first kappa shape index (κ1) is 20.4. The van der Waals surface area contributed by atoms with Crippen molar-refractivity contribution in [3.8, 4) is 5.75 Å². The summed E-state index contributed by atoms with van der Waals surface area (Å²) in [5.74, 6) is 0.601. The number of anilines is 1. The predicted molar refractivity (Wildman–Crippen MR) is 113 cm³/mol. The van der Waals surface area contributed by atoms with E-state index in [4.69, 9.17) is 9.72 Å². The molecule has 0 spiro atoms. The molecule has 2 N–H and O–H groups in total. The second-order valence-electron chi connectivity index (χ2n) is 6.80. The van der Waals surface area contributed by atoms with Gasteiger partial charge in [-0.3, -0.25) is 4.99 Å². The fourth-order valence-electron chi connectivity index (χ4n) is 3.03. The van der Waals surface area contributed by atoms with Crippen LogP contribution in [-0.4, -0.2) is 50.3 Å². The molecule has 1 atom stereocenters. The monoisotopic (exact) mass is 405 g/mol. The molecule has 2 aromatic rings. The summed E-state index contributed by atoms with van der Waals surface area (Å²) in [6.07, 6.45) is 3.17. The van der Waals surface area contributed by atoms with E-state index >= 15 is 0 Å². The van der Waals surface area contributed by atoms with Crippen molar-refractivity contribution in [2.75, 3.05) is 38.1 Å². The number of hydrogen-bond donors (Lipinski definition) is 2. The van der Waals surface area contributed by atoms with Gasteiger partial charge in [-0.2, -0.15) is 0 Å². The van der Waals surface area contributed by atoms with E-state index < -0.39 is 0 Å². The molecule has 8 heteroatoms. The minimum atomic E-state index is -0.353. The van der Waals surface area contributed by atoms with Gasteiger partial charge in [-0.05, 0) is 31.9 Å². The Balaban J connectivity index is 1.38. The zero-order chi connectivity index (χ0) is 19.8. The average molecular weight is 406 g/mol.